The van der Waals surface area contributed by atoms with E-state index >= 15 is 0 Å². The summed E-state index contributed by atoms with van der Waals surface area (Å²) in [6, 6.07) is 26.4. The van der Waals surface area contributed by atoms with Gasteiger partial charge >= 0.3 is 0 Å². The molecule has 1 aliphatic carbocycles. The molecule has 0 spiro atoms. The Labute approximate surface area is 299 Å². The van der Waals surface area contributed by atoms with Crippen LogP contribution in [0.4, 0.5) is 5.69 Å². The fourth-order valence-electron chi connectivity index (χ4n) is 6.07. The molecule has 4 aromatic rings. The van der Waals surface area contributed by atoms with E-state index in [2.05, 4.69) is 5.32 Å². The molecule has 0 aromatic heterocycles. The number of aryl methyl sites for hydroxylation is 1. The second kappa shape index (κ2) is 16.6. The number of carbonyl (C=O) groups is 2. The highest BCUT2D eigenvalue weighted by Crippen LogP contribution is 2.30. The van der Waals surface area contributed by atoms with E-state index in [1.165, 1.54) is 24.1 Å². The topological polar surface area (TPSA) is 96.0 Å². The number of nitrogens with zero attached hydrogens (tertiary/aromatic N) is 2. The van der Waals surface area contributed by atoms with Gasteiger partial charge in [-0.1, -0.05) is 96.6 Å². The van der Waals surface area contributed by atoms with Crippen LogP contribution >= 0.6 is 23.2 Å². The monoisotopic (exact) mass is 721 g/mol. The number of rotatable bonds is 13. The van der Waals surface area contributed by atoms with Crippen LogP contribution in [0.5, 0.6) is 5.75 Å². The maximum Gasteiger partial charge on any atom is 0.264 e. The van der Waals surface area contributed by atoms with E-state index in [0.29, 0.717) is 27.0 Å². The molecule has 258 valence electrons. The highest BCUT2D eigenvalue weighted by Gasteiger charge is 2.36. The van der Waals surface area contributed by atoms with Crippen molar-refractivity contribution in [1.29, 1.82) is 0 Å². The maximum absolute atomic E-state index is 14.8. The molecule has 1 saturated carbocycles. The lowest BCUT2D eigenvalue weighted by molar-refractivity contribution is -0.140. The van der Waals surface area contributed by atoms with Gasteiger partial charge in [0.2, 0.25) is 11.8 Å². The van der Waals surface area contributed by atoms with Crippen molar-refractivity contribution in [1.82, 2.24) is 10.2 Å². The molecular weight excluding hydrogens is 681 g/mol. The minimum absolute atomic E-state index is 0.0140. The molecule has 0 bridgehead atoms. The van der Waals surface area contributed by atoms with Crippen LogP contribution in [-0.4, -0.2) is 50.9 Å². The Kier molecular flexibility index (Phi) is 12.3. The maximum atomic E-state index is 14.8. The molecule has 1 fully saturated rings. The number of carbonyl (C=O) groups excluding carboxylic acids is 2. The lowest BCUT2D eigenvalue weighted by atomic mass is 9.94. The second-order valence-electron chi connectivity index (χ2n) is 12.3. The van der Waals surface area contributed by atoms with Gasteiger partial charge in [0.15, 0.2) is 0 Å². The van der Waals surface area contributed by atoms with Gasteiger partial charge in [-0.25, -0.2) is 8.42 Å². The molecular formula is C38H41Cl2N3O5S. The summed E-state index contributed by atoms with van der Waals surface area (Å²) < 4.78 is 34.9. The third-order valence-corrected chi connectivity index (χ3v) is 11.4. The zero-order valence-electron chi connectivity index (χ0n) is 27.6. The van der Waals surface area contributed by atoms with Crippen LogP contribution in [0.1, 0.15) is 48.8 Å². The first kappa shape index (κ1) is 36.2. The van der Waals surface area contributed by atoms with Crippen molar-refractivity contribution in [3.05, 3.63) is 124 Å². The van der Waals surface area contributed by atoms with Gasteiger partial charge in [-0.2, -0.15) is 0 Å². The predicted molar refractivity (Wildman–Crippen MR) is 195 cm³/mol. The smallest absolute Gasteiger partial charge is 0.264 e. The van der Waals surface area contributed by atoms with Crippen molar-refractivity contribution in [2.75, 3.05) is 18.0 Å². The van der Waals surface area contributed by atoms with Gasteiger partial charge in [0, 0.05) is 34.6 Å². The van der Waals surface area contributed by atoms with Gasteiger partial charge in [-0.3, -0.25) is 13.9 Å². The number of sulfonamides is 1. The number of methoxy groups -OCH3 is 1. The molecule has 0 saturated heterocycles. The van der Waals surface area contributed by atoms with E-state index in [9.17, 15) is 18.0 Å². The summed E-state index contributed by atoms with van der Waals surface area (Å²) in [5.74, 6) is -0.409. The molecule has 1 N–H and O–H groups in total. The standard InChI is InChI=1S/C38H41Cl2N3O5S/c1-27-16-18-30(19-17-27)43(49(46,47)32-22-20-31(48-2)21-23-32)26-37(44)42(25-33-34(39)14-9-15-35(33)40)36(24-28-10-5-3-6-11-28)38(45)41-29-12-7-4-8-13-29/h3,5-6,9-11,14-23,29,36H,4,7-8,12-13,24-26H2,1-2H3,(H,41,45)/t36-/m1/s1. The number of halogens is 2. The van der Waals surface area contributed by atoms with Crippen molar-refractivity contribution < 1.29 is 22.7 Å². The van der Waals surface area contributed by atoms with Gasteiger partial charge in [0.1, 0.15) is 18.3 Å². The fraction of sp³-hybridized carbons (Fsp3) is 0.316. The van der Waals surface area contributed by atoms with E-state index < -0.39 is 28.5 Å². The van der Waals surface area contributed by atoms with Crippen LogP contribution in [0.2, 0.25) is 10.0 Å². The summed E-state index contributed by atoms with van der Waals surface area (Å²) in [6.45, 7) is 1.20. The lowest BCUT2D eigenvalue weighted by Crippen LogP contribution is -2.55. The second-order valence-corrected chi connectivity index (χ2v) is 15.0. The van der Waals surface area contributed by atoms with Crippen molar-refractivity contribution in [3.63, 3.8) is 0 Å². The Morgan fingerprint density at radius 3 is 2.10 bits per heavy atom. The number of nitrogens with one attached hydrogen (secondary N) is 1. The van der Waals surface area contributed by atoms with Crippen molar-refractivity contribution in [3.8, 4) is 5.75 Å². The normalized spacial score (nSPS) is 14.1. The van der Waals surface area contributed by atoms with Crippen LogP contribution in [-0.2, 0) is 32.6 Å². The molecule has 1 atom stereocenters. The van der Waals surface area contributed by atoms with Crippen LogP contribution < -0.4 is 14.4 Å². The Morgan fingerprint density at radius 2 is 1.49 bits per heavy atom. The van der Waals surface area contributed by atoms with E-state index in [0.717, 1.165) is 47.5 Å². The average molecular weight is 723 g/mol. The molecule has 0 aliphatic heterocycles. The molecule has 11 heteroatoms. The van der Waals surface area contributed by atoms with E-state index in [-0.39, 0.29) is 29.8 Å². The zero-order valence-corrected chi connectivity index (χ0v) is 30.0. The van der Waals surface area contributed by atoms with Gasteiger partial charge < -0.3 is 15.0 Å². The lowest BCUT2D eigenvalue weighted by Gasteiger charge is -2.35. The summed E-state index contributed by atoms with van der Waals surface area (Å²) >= 11 is 13.3. The molecule has 4 aromatic carbocycles. The molecule has 5 rings (SSSR count). The predicted octanol–water partition coefficient (Wildman–Crippen LogP) is 7.59. The number of ether oxygens (including phenoxy) is 1. The third-order valence-electron chi connectivity index (χ3n) is 8.86. The number of amides is 2. The molecule has 0 unspecified atom stereocenters. The summed E-state index contributed by atoms with van der Waals surface area (Å²) in [4.78, 5) is 30.4. The summed E-state index contributed by atoms with van der Waals surface area (Å²) in [6.07, 6.45) is 5.06. The Bertz CT molecular complexity index is 1810. The third kappa shape index (κ3) is 9.15. The number of hydrogen-bond acceptors (Lipinski definition) is 5. The van der Waals surface area contributed by atoms with Crippen molar-refractivity contribution in [2.45, 2.75) is 69.0 Å². The Morgan fingerprint density at radius 1 is 0.857 bits per heavy atom. The first-order valence-electron chi connectivity index (χ1n) is 16.4. The fourth-order valence-corrected chi connectivity index (χ4v) is 8.00. The average Bonchev–Trinajstić information content (AvgIpc) is 3.11. The molecule has 0 radical (unpaired) electrons. The van der Waals surface area contributed by atoms with Crippen LogP contribution in [0.25, 0.3) is 0 Å². The minimum Gasteiger partial charge on any atom is -0.497 e. The van der Waals surface area contributed by atoms with Crippen LogP contribution in [0, 0.1) is 6.92 Å². The summed E-state index contributed by atoms with van der Waals surface area (Å²) in [5.41, 5.74) is 2.53. The van der Waals surface area contributed by atoms with E-state index in [1.54, 1.807) is 54.6 Å². The molecule has 0 heterocycles. The van der Waals surface area contributed by atoms with E-state index in [4.69, 9.17) is 27.9 Å². The van der Waals surface area contributed by atoms with Gasteiger partial charge in [0.25, 0.3) is 10.0 Å². The molecule has 1 aliphatic rings. The minimum atomic E-state index is -4.26. The Hall–Kier alpha value is -4.05. The Balaban J connectivity index is 1.58. The highest BCUT2D eigenvalue weighted by atomic mass is 35.5. The van der Waals surface area contributed by atoms with Gasteiger partial charge in [-0.15, -0.1) is 0 Å². The van der Waals surface area contributed by atoms with E-state index in [1.807, 2.05) is 37.3 Å². The first-order valence-corrected chi connectivity index (χ1v) is 18.6. The van der Waals surface area contributed by atoms with Crippen molar-refractivity contribution in [2.24, 2.45) is 0 Å². The number of hydrogen-bond donors (Lipinski definition) is 1. The molecule has 49 heavy (non-hydrogen) atoms. The highest BCUT2D eigenvalue weighted by molar-refractivity contribution is 7.92. The largest absolute Gasteiger partial charge is 0.497 e. The SMILES string of the molecule is COc1ccc(S(=O)(=O)N(CC(=O)N(Cc2c(Cl)cccc2Cl)[C@H](Cc2ccccc2)C(=O)NC2CCCCC2)c2ccc(C)cc2)cc1. The summed E-state index contributed by atoms with van der Waals surface area (Å²) in [7, 11) is -2.76. The van der Waals surface area contributed by atoms with Gasteiger partial charge in [0.05, 0.1) is 17.7 Å². The zero-order chi connectivity index (χ0) is 35.0. The number of anilines is 1. The first-order chi connectivity index (χ1) is 23.6. The van der Waals surface area contributed by atoms with Gasteiger partial charge in [-0.05, 0) is 73.9 Å². The van der Waals surface area contributed by atoms with Crippen LogP contribution in [0.3, 0.4) is 0 Å². The van der Waals surface area contributed by atoms with Crippen LogP contribution in [0.15, 0.2) is 102 Å². The summed E-state index contributed by atoms with van der Waals surface area (Å²) in [5, 5.41) is 3.87. The van der Waals surface area contributed by atoms with Crippen molar-refractivity contribution >= 4 is 50.7 Å². The molecule has 2 amide bonds. The quantitative estimate of drug-likeness (QED) is 0.154. The molecule has 8 nitrogen and oxygen atoms in total. The number of benzene rings is 4.